The van der Waals surface area contributed by atoms with E-state index in [1.54, 1.807) is 11.8 Å². The Labute approximate surface area is 217 Å². The van der Waals surface area contributed by atoms with Gasteiger partial charge < -0.3 is 9.84 Å². The highest BCUT2D eigenvalue weighted by molar-refractivity contribution is 7.98. The summed E-state index contributed by atoms with van der Waals surface area (Å²) >= 11 is 1.68. The average molecular weight is 504 g/mol. The fourth-order valence-electron chi connectivity index (χ4n) is 4.79. The molecule has 3 aromatic rings. The Kier molecular flexibility index (Phi) is 8.70. The Hall–Kier alpha value is -3.25. The van der Waals surface area contributed by atoms with Gasteiger partial charge in [0.25, 0.3) is 0 Å². The Morgan fingerprint density at radius 1 is 0.917 bits per heavy atom. The van der Waals surface area contributed by atoms with Crippen LogP contribution in [0.1, 0.15) is 42.9 Å². The van der Waals surface area contributed by atoms with Crippen LogP contribution < -0.4 is 0 Å². The van der Waals surface area contributed by atoms with Crippen LogP contribution >= 0.6 is 11.8 Å². The summed E-state index contributed by atoms with van der Waals surface area (Å²) in [6.45, 7) is 4.43. The lowest BCUT2D eigenvalue weighted by Gasteiger charge is -2.30. The normalized spacial score (nSPS) is 13.2. The number of thioether (sulfide) groups is 1. The van der Waals surface area contributed by atoms with Crippen LogP contribution in [0.2, 0.25) is 0 Å². The lowest BCUT2D eigenvalue weighted by atomic mass is 9.98. The van der Waals surface area contributed by atoms with Crippen LogP contribution in [0.5, 0.6) is 0 Å². The molecule has 0 heterocycles. The van der Waals surface area contributed by atoms with E-state index >= 15 is 0 Å². The molecule has 0 aliphatic heterocycles. The summed E-state index contributed by atoms with van der Waals surface area (Å²) in [5, 5.41) is 9.96. The van der Waals surface area contributed by atoms with Crippen LogP contribution in [0.4, 0.5) is 4.79 Å². The molecule has 0 saturated heterocycles. The van der Waals surface area contributed by atoms with Gasteiger partial charge in [-0.05, 0) is 40.2 Å². The van der Waals surface area contributed by atoms with Gasteiger partial charge in [-0.15, -0.1) is 0 Å². The van der Waals surface area contributed by atoms with Crippen molar-refractivity contribution >= 4 is 23.8 Å². The van der Waals surface area contributed by atoms with E-state index in [0.717, 1.165) is 28.0 Å². The molecule has 1 N–H and O–H groups in total. The summed E-state index contributed by atoms with van der Waals surface area (Å²) in [5.41, 5.74) is 5.78. The second kappa shape index (κ2) is 12.1. The monoisotopic (exact) mass is 503 g/mol. The summed E-state index contributed by atoms with van der Waals surface area (Å²) < 4.78 is 5.84. The molecule has 36 heavy (non-hydrogen) atoms. The third-order valence-corrected chi connectivity index (χ3v) is 7.52. The number of carboxylic acid groups (broad SMARTS) is 1. The lowest BCUT2D eigenvalue weighted by Crippen LogP contribution is -2.47. The second-order valence-electron chi connectivity index (χ2n) is 9.52. The van der Waals surface area contributed by atoms with Crippen LogP contribution in [-0.2, 0) is 15.3 Å². The predicted molar refractivity (Wildman–Crippen MR) is 145 cm³/mol. The molecule has 0 unspecified atom stereocenters. The van der Waals surface area contributed by atoms with Crippen molar-refractivity contribution in [2.24, 2.45) is 5.92 Å². The van der Waals surface area contributed by atoms with Crippen molar-refractivity contribution in [1.29, 1.82) is 0 Å². The number of carbonyl (C=O) groups excluding carboxylic acids is 1. The van der Waals surface area contributed by atoms with Crippen molar-refractivity contribution in [3.63, 3.8) is 0 Å². The van der Waals surface area contributed by atoms with E-state index in [-0.39, 0.29) is 18.4 Å². The number of benzene rings is 3. The minimum absolute atomic E-state index is 0.0657. The second-order valence-corrected chi connectivity index (χ2v) is 10.6. The van der Waals surface area contributed by atoms with E-state index in [0.29, 0.717) is 18.7 Å². The van der Waals surface area contributed by atoms with Crippen LogP contribution in [0.25, 0.3) is 11.1 Å². The van der Waals surface area contributed by atoms with Crippen molar-refractivity contribution in [2.75, 3.05) is 18.9 Å². The largest absolute Gasteiger partial charge is 0.480 e. The van der Waals surface area contributed by atoms with Gasteiger partial charge in [0.05, 0.1) is 0 Å². The van der Waals surface area contributed by atoms with Crippen molar-refractivity contribution in [3.8, 4) is 11.1 Å². The van der Waals surface area contributed by atoms with Gasteiger partial charge >= 0.3 is 12.1 Å². The van der Waals surface area contributed by atoms with Crippen molar-refractivity contribution in [2.45, 2.75) is 38.0 Å². The quantitative estimate of drug-likeness (QED) is 0.296. The van der Waals surface area contributed by atoms with Gasteiger partial charge in [0.15, 0.2) is 0 Å². The van der Waals surface area contributed by atoms with E-state index in [1.807, 2.05) is 56.3 Å². The van der Waals surface area contributed by atoms with Gasteiger partial charge in [-0.3, -0.25) is 4.90 Å². The number of rotatable bonds is 11. The van der Waals surface area contributed by atoms with Crippen LogP contribution in [0.15, 0.2) is 78.9 Å². The van der Waals surface area contributed by atoms with E-state index in [1.165, 1.54) is 10.5 Å². The maximum Gasteiger partial charge on any atom is 0.410 e. The van der Waals surface area contributed by atoms with Gasteiger partial charge in [-0.25, -0.2) is 9.59 Å². The molecule has 3 aromatic carbocycles. The molecule has 0 aromatic heterocycles. The Balaban J connectivity index is 1.46. The van der Waals surface area contributed by atoms with Crippen LogP contribution in [-0.4, -0.2) is 47.0 Å². The smallest absolute Gasteiger partial charge is 0.410 e. The van der Waals surface area contributed by atoms with E-state index in [2.05, 4.69) is 36.4 Å². The lowest BCUT2D eigenvalue weighted by molar-refractivity contribution is -0.143. The molecular weight excluding hydrogens is 470 g/mol. The Bertz CT molecular complexity index is 1130. The van der Waals surface area contributed by atoms with Crippen molar-refractivity contribution < 1.29 is 19.4 Å². The Morgan fingerprint density at radius 2 is 1.50 bits per heavy atom. The minimum atomic E-state index is -0.995. The number of hydrogen-bond acceptors (Lipinski definition) is 4. The molecule has 1 aliphatic carbocycles. The zero-order valence-electron chi connectivity index (χ0n) is 20.8. The van der Waals surface area contributed by atoms with Gasteiger partial charge in [-0.2, -0.15) is 11.8 Å². The van der Waals surface area contributed by atoms with E-state index < -0.39 is 18.1 Å². The first-order valence-corrected chi connectivity index (χ1v) is 13.6. The summed E-state index contributed by atoms with van der Waals surface area (Å²) in [7, 11) is 0. The summed E-state index contributed by atoms with van der Waals surface area (Å²) in [6.07, 6.45) is -0.187. The molecule has 0 spiro atoms. The first-order valence-electron chi connectivity index (χ1n) is 12.4. The molecule has 1 aliphatic rings. The van der Waals surface area contributed by atoms with Crippen LogP contribution in [0.3, 0.4) is 0 Å². The molecule has 6 heteroatoms. The number of hydrogen-bond donors (Lipinski definition) is 1. The highest BCUT2D eigenvalue weighted by atomic mass is 32.2. The minimum Gasteiger partial charge on any atom is -0.480 e. The van der Waals surface area contributed by atoms with Gasteiger partial charge in [0, 0.05) is 24.0 Å². The topological polar surface area (TPSA) is 66.8 Å². The molecule has 188 valence electrons. The molecule has 1 amide bonds. The summed E-state index contributed by atoms with van der Waals surface area (Å²) in [4.78, 5) is 26.9. The number of carboxylic acids is 1. The summed E-state index contributed by atoms with van der Waals surface area (Å²) in [5.74, 6) is 0.503. The van der Waals surface area contributed by atoms with Gasteiger partial charge in [0.1, 0.15) is 12.6 Å². The summed E-state index contributed by atoms with van der Waals surface area (Å²) in [6, 6.07) is 25.6. The molecule has 0 saturated carbocycles. The maximum absolute atomic E-state index is 13.3. The van der Waals surface area contributed by atoms with E-state index in [4.69, 9.17) is 4.74 Å². The third-order valence-electron chi connectivity index (χ3n) is 6.51. The standard InChI is InChI=1S/C30H33NO4S/c1-21(2)18-28(29(32)33)31(16-17-36-20-22-10-4-3-5-11-22)30(34)35-19-27-25-14-8-6-12-23(25)24-13-7-9-15-26(24)27/h3-15,21,27-28H,16-20H2,1-2H3,(H,32,33)/t28-/m0/s1. The van der Waals surface area contributed by atoms with E-state index in [9.17, 15) is 14.7 Å². The molecule has 0 radical (unpaired) electrons. The number of amides is 1. The Morgan fingerprint density at radius 3 is 2.08 bits per heavy atom. The SMILES string of the molecule is CC(C)C[C@@H](C(=O)O)N(CCSCc1ccccc1)C(=O)OCC1c2ccccc2-c2ccccc21. The third kappa shape index (κ3) is 6.11. The number of carbonyl (C=O) groups is 2. The zero-order chi connectivity index (χ0) is 25.5. The fourth-order valence-corrected chi connectivity index (χ4v) is 5.68. The fraction of sp³-hybridized carbons (Fsp3) is 0.333. The first kappa shape index (κ1) is 25.8. The predicted octanol–water partition coefficient (Wildman–Crippen LogP) is 6.67. The molecule has 4 rings (SSSR count). The molecule has 0 bridgehead atoms. The first-order chi connectivity index (χ1) is 17.5. The number of fused-ring (bicyclic) bond motifs is 3. The van der Waals surface area contributed by atoms with Gasteiger partial charge in [-0.1, -0.05) is 92.7 Å². The van der Waals surface area contributed by atoms with Crippen molar-refractivity contribution in [1.82, 2.24) is 4.90 Å². The zero-order valence-corrected chi connectivity index (χ0v) is 21.6. The van der Waals surface area contributed by atoms with Crippen LogP contribution in [0, 0.1) is 5.92 Å². The molecular formula is C30H33NO4S. The van der Waals surface area contributed by atoms with Crippen molar-refractivity contribution in [3.05, 3.63) is 95.6 Å². The van der Waals surface area contributed by atoms with Gasteiger partial charge in [0.2, 0.25) is 0 Å². The number of aliphatic carboxylic acids is 1. The highest BCUT2D eigenvalue weighted by Crippen LogP contribution is 2.44. The number of nitrogens with zero attached hydrogens (tertiary/aromatic N) is 1. The maximum atomic E-state index is 13.3. The highest BCUT2D eigenvalue weighted by Gasteiger charge is 2.33. The molecule has 0 fully saturated rings. The number of ether oxygens (including phenoxy) is 1. The molecule has 5 nitrogen and oxygen atoms in total. The average Bonchev–Trinajstić information content (AvgIpc) is 3.20. The molecule has 1 atom stereocenters.